The summed E-state index contributed by atoms with van der Waals surface area (Å²) in [6.45, 7) is 12.6. The molecule has 0 aromatic heterocycles. The van der Waals surface area contributed by atoms with Gasteiger partial charge in [0.2, 0.25) is 11.8 Å². The summed E-state index contributed by atoms with van der Waals surface area (Å²) < 4.78 is 37.5. The van der Waals surface area contributed by atoms with Gasteiger partial charge in [0.15, 0.2) is 0 Å². The molecule has 4 atom stereocenters. The molecule has 3 N–H and O–H groups in total. The normalized spacial score (nSPS) is 21.2. The first-order chi connectivity index (χ1) is 18.5. The first-order valence-electron chi connectivity index (χ1n) is 13.3. The third-order valence-electron chi connectivity index (χ3n) is 7.37. The third kappa shape index (κ3) is 11.6. The van der Waals surface area contributed by atoms with E-state index in [1.165, 1.54) is 0 Å². The van der Waals surface area contributed by atoms with E-state index in [0.717, 1.165) is 12.0 Å². The number of amides is 3. The molecule has 2 heterocycles. The van der Waals surface area contributed by atoms with Gasteiger partial charge in [-0.3, -0.25) is 14.4 Å². The van der Waals surface area contributed by atoms with E-state index >= 15 is 0 Å². The van der Waals surface area contributed by atoms with Gasteiger partial charge in [0, 0.05) is 31.1 Å². The Morgan fingerprint density at radius 2 is 1.80 bits per heavy atom. The number of halogens is 3. The average Bonchev–Trinajstić information content (AvgIpc) is 3.39. The zero-order chi connectivity index (χ0) is 30.3. The summed E-state index contributed by atoms with van der Waals surface area (Å²) in [6.07, 6.45) is -3.75. The molecule has 2 saturated heterocycles. The first-order valence-corrected chi connectivity index (χ1v) is 13.3. The second-order valence-corrected chi connectivity index (χ2v) is 12.2. The molecule has 0 spiro atoms. The summed E-state index contributed by atoms with van der Waals surface area (Å²) in [7, 11) is 0. The van der Waals surface area contributed by atoms with Crippen LogP contribution in [0.1, 0.15) is 59.9 Å². The van der Waals surface area contributed by atoms with Gasteiger partial charge in [-0.1, -0.05) is 71.6 Å². The molecule has 0 aliphatic carbocycles. The maximum atomic E-state index is 12.6. The Bertz CT molecular complexity index is 1100. The summed E-state index contributed by atoms with van der Waals surface area (Å²) in [5.74, 6) is 3.46. The van der Waals surface area contributed by atoms with Crippen molar-refractivity contribution in [2.45, 2.75) is 72.6 Å². The van der Waals surface area contributed by atoms with Crippen LogP contribution in [0, 0.1) is 39.7 Å². The summed E-state index contributed by atoms with van der Waals surface area (Å²) in [4.78, 5) is 36.8. The molecular weight excluding hydrogens is 564 g/mol. The van der Waals surface area contributed by atoms with Crippen molar-refractivity contribution in [3.05, 3.63) is 41.1 Å². The van der Waals surface area contributed by atoms with E-state index in [1.807, 2.05) is 61.9 Å². The number of hydrogen-bond donors (Lipinski definition) is 3. The molecule has 1 aromatic rings. The number of hydroxylamine groups is 1. The predicted molar refractivity (Wildman–Crippen MR) is 146 cm³/mol. The Kier molecular flexibility index (Phi) is 14.5. The molecule has 3 amide bonds. The van der Waals surface area contributed by atoms with E-state index in [0.29, 0.717) is 26.1 Å². The van der Waals surface area contributed by atoms with Crippen molar-refractivity contribution < 1.29 is 78.9 Å². The van der Waals surface area contributed by atoms with Crippen LogP contribution in [-0.4, -0.2) is 60.5 Å². The summed E-state index contributed by atoms with van der Waals surface area (Å²) >= 11 is 0. The summed E-state index contributed by atoms with van der Waals surface area (Å²) in [6, 6.07) is 7.79. The molecule has 0 saturated carbocycles. The van der Waals surface area contributed by atoms with Gasteiger partial charge < -0.3 is 26.2 Å². The van der Waals surface area contributed by atoms with Crippen molar-refractivity contribution in [2.24, 2.45) is 22.7 Å². The number of rotatable bonds is 5. The van der Waals surface area contributed by atoms with Gasteiger partial charge in [0.05, 0.1) is 6.04 Å². The van der Waals surface area contributed by atoms with E-state index < -0.39 is 35.5 Å². The van der Waals surface area contributed by atoms with Crippen molar-refractivity contribution >= 4 is 17.7 Å². The van der Waals surface area contributed by atoms with E-state index in [9.17, 15) is 32.8 Å². The minimum atomic E-state index is -5.00. The molecule has 4 unspecified atom stereocenters. The molecular formula is C29H40F3KN4O4. The molecule has 2 aliphatic rings. The zero-order valence-corrected chi connectivity index (χ0v) is 28.1. The van der Waals surface area contributed by atoms with Crippen LogP contribution in [0.5, 0.6) is 0 Å². The number of hydrogen-bond acceptors (Lipinski definition) is 5. The van der Waals surface area contributed by atoms with Crippen LogP contribution in [0.2, 0.25) is 0 Å². The van der Waals surface area contributed by atoms with Crippen molar-refractivity contribution in [1.29, 1.82) is 0 Å². The summed E-state index contributed by atoms with van der Waals surface area (Å²) in [5, 5.41) is 15.5. The Morgan fingerprint density at radius 3 is 2.24 bits per heavy atom. The second kappa shape index (κ2) is 15.8. The number of nitrogens with zero attached hydrogens (tertiary/aromatic N) is 1. The topological polar surface area (TPSA) is 114 Å². The van der Waals surface area contributed by atoms with Gasteiger partial charge in [-0.05, 0) is 41.7 Å². The van der Waals surface area contributed by atoms with Gasteiger partial charge in [-0.25, -0.2) is 0 Å². The molecule has 1 aromatic carbocycles. The van der Waals surface area contributed by atoms with Crippen molar-refractivity contribution in [2.75, 3.05) is 19.6 Å². The van der Waals surface area contributed by atoms with Gasteiger partial charge in [0.1, 0.15) is 6.04 Å². The molecule has 0 bridgehead atoms. The number of likely N-dealkylation sites (tertiary alicyclic amines) is 1. The smallest absolute Gasteiger partial charge is 0.787 e. The molecule has 222 valence electrons. The van der Waals surface area contributed by atoms with Crippen molar-refractivity contribution in [1.82, 2.24) is 21.0 Å². The average molecular weight is 605 g/mol. The Hall–Kier alpha value is -1.46. The third-order valence-corrected chi connectivity index (χ3v) is 7.37. The molecule has 8 nitrogen and oxygen atoms in total. The van der Waals surface area contributed by atoms with Crippen LogP contribution in [0.3, 0.4) is 0 Å². The molecule has 2 fully saturated rings. The minimum Gasteiger partial charge on any atom is -0.787 e. The summed E-state index contributed by atoms with van der Waals surface area (Å²) in [5.41, 5.74) is 1.88. The number of carbonyl (C=O) groups is 3. The van der Waals surface area contributed by atoms with Crippen molar-refractivity contribution in [3.8, 4) is 11.8 Å². The quantitative estimate of drug-likeness (QED) is 0.259. The van der Waals surface area contributed by atoms with Gasteiger partial charge in [0.25, 0.3) is 0 Å². The van der Waals surface area contributed by atoms with Crippen LogP contribution >= 0.6 is 0 Å². The van der Waals surface area contributed by atoms with Crippen LogP contribution in [0.25, 0.3) is 0 Å². The predicted octanol–water partition coefficient (Wildman–Crippen LogP) is 0.608. The number of alkyl halides is 3. The molecule has 12 heteroatoms. The fraction of sp³-hybridized carbons (Fsp3) is 0.621. The van der Waals surface area contributed by atoms with Crippen LogP contribution in [0.15, 0.2) is 30.3 Å². The maximum Gasteiger partial charge on any atom is 1.00 e. The largest absolute Gasteiger partial charge is 1.00 e. The van der Waals surface area contributed by atoms with Gasteiger partial charge >= 0.3 is 63.5 Å². The Balaban J connectivity index is 0.000000407. The van der Waals surface area contributed by atoms with Gasteiger partial charge in [-0.15, -0.1) is 0 Å². The second-order valence-electron chi connectivity index (χ2n) is 12.2. The Labute approximate surface area is 283 Å². The SMILES string of the molecule is CC1CN(C(=O)C(NC(=O)C(F)(F)F)C(C)(C)C)CC1(C)C.O=C1NCCC1CC(C#Cc1ccccc1)N[O-].[K+]. The van der Waals surface area contributed by atoms with E-state index in [2.05, 4.69) is 17.2 Å². The monoisotopic (exact) mass is 604 g/mol. The Morgan fingerprint density at radius 1 is 1.20 bits per heavy atom. The number of nitrogens with one attached hydrogen (secondary N) is 3. The standard InChI is InChI=1S/C15H25F3N2O2.C14H15N2O2.K/c1-9-7-20(8-14(9,5)6)11(21)10(13(2,3)4)19-12(22)15(16,17)18;17-14-12(8-9-15-14)10-13(16-18)7-6-11-4-2-1-3-5-11;/h9-10H,7-8H2,1-6H3,(H,19,22);1-5,12-13,16H,8-10H2,(H,15,17);/q;-1;+1. The fourth-order valence-electron chi connectivity index (χ4n) is 4.48. The van der Waals surface area contributed by atoms with E-state index in [1.54, 1.807) is 25.7 Å². The number of carbonyl (C=O) groups excluding carboxylic acids is 3. The molecule has 41 heavy (non-hydrogen) atoms. The molecule has 0 radical (unpaired) electrons. The van der Waals surface area contributed by atoms with Crippen LogP contribution in [-0.2, 0) is 14.4 Å². The first kappa shape index (κ1) is 37.6. The zero-order valence-electron chi connectivity index (χ0n) is 24.9. The van der Waals surface area contributed by atoms with Gasteiger partial charge in [-0.2, -0.15) is 13.2 Å². The molecule has 3 rings (SSSR count). The molecule has 2 aliphatic heterocycles. The number of benzene rings is 1. The van der Waals surface area contributed by atoms with Crippen LogP contribution in [0.4, 0.5) is 13.2 Å². The minimum absolute atomic E-state index is 0. The van der Waals surface area contributed by atoms with E-state index in [4.69, 9.17) is 0 Å². The van der Waals surface area contributed by atoms with E-state index in [-0.39, 0.29) is 74.5 Å². The maximum absolute atomic E-state index is 12.6. The van der Waals surface area contributed by atoms with Crippen LogP contribution < -0.4 is 67.5 Å². The van der Waals surface area contributed by atoms with Crippen molar-refractivity contribution in [3.63, 3.8) is 0 Å². The fourth-order valence-corrected chi connectivity index (χ4v) is 4.48.